The lowest BCUT2D eigenvalue weighted by atomic mass is 9.73. The van der Waals surface area contributed by atoms with Gasteiger partial charge in [-0.05, 0) is 38.3 Å². The zero-order valence-electron chi connectivity index (χ0n) is 13.9. The molecular formula is C18H26N2O3. The molecular weight excluding hydrogens is 292 g/mol. The Bertz CT molecular complexity index is 522. The number of ether oxygens (including phenoxy) is 2. The van der Waals surface area contributed by atoms with Gasteiger partial charge in [0.15, 0.2) is 0 Å². The summed E-state index contributed by atoms with van der Waals surface area (Å²) in [6.45, 7) is 5.74. The van der Waals surface area contributed by atoms with Crippen LogP contribution >= 0.6 is 0 Å². The average molecular weight is 318 g/mol. The molecule has 2 atom stereocenters. The lowest BCUT2D eigenvalue weighted by Crippen LogP contribution is -2.58. The first-order valence-electron chi connectivity index (χ1n) is 8.60. The van der Waals surface area contributed by atoms with Crippen LogP contribution in [0.15, 0.2) is 24.4 Å². The maximum Gasteiger partial charge on any atom is 0.228 e. The fraction of sp³-hybridized carbons (Fsp3) is 0.667. The number of carbonyl (C=O) groups excluding carboxylic acids is 1. The van der Waals surface area contributed by atoms with Crippen LogP contribution in [0.1, 0.15) is 31.9 Å². The fourth-order valence-electron chi connectivity index (χ4n) is 3.79. The summed E-state index contributed by atoms with van der Waals surface area (Å²) >= 11 is 0. The average Bonchev–Trinajstić information content (AvgIpc) is 2.60. The van der Waals surface area contributed by atoms with Crippen LogP contribution in [0.2, 0.25) is 0 Å². The largest absolute Gasteiger partial charge is 0.381 e. The molecule has 0 unspecified atom stereocenters. The minimum Gasteiger partial charge on any atom is -0.381 e. The number of amides is 1. The Morgan fingerprint density at radius 2 is 2.43 bits per heavy atom. The van der Waals surface area contributed by atoms with Gasteiger partial charge in [-0.2, -0.15) is 0 Å². The first-order valence-corrected chi connectivity index (χ1v) is 8.60. The molecule has 0 aromatic carbocycles. The molecule has 0 saturated carbocycles. The van der Waals surface area contributed by atoms with Crippen molar-refractivity contribution in [3.63, 3.8) is 0 Å². The maximum absolute atomic E-state index is 12.7. The zero-order chi connectivity index (χ0) is 16.1. The standard InChI is InChI=1S/C18H26N2O3/c1-2-22-14-18-8-5-11-23-16(18)7-10-20(13-18)17(21)12-15-6-3-4-9-19-15/h3-4,6,9,16H,2,5,7-8,10-14H2,1H3/t16-,18+/m0/s1. The van der Waals surface area contributed by atoms with E-state index in [1.54, 1.807) is 6.20 Å². The summed E-state index contributed by atoms with van der Waals surface area (Å²) in [5, 5.41) is 0. The van der Waals surface area contributed by atoms with Gasteiger partial charge < -0.3 is 14.4 Å². The van der Waals surface area contributed by atoms with Crippen molar-refractivity contribution in [2.45, 2.75) is 38.7 Å². The number of nitrogens with zero attached hydrogens (tertiary/aromatic N) is 2. The molecule has 23 heavy (non-hydrogen) atoms. The molecule has 0 spiro atoms. The lowest BCUT2D eigenvalue weighted by Gasteiger charge is -2.50. The molecule has 126 valence electrons. The van der Waals surface area contributed by atoms with Crippen LogP contribution in [0.4, 0.5) is 0 Å². The smallest absolute Gasteiger partial charge is 0.228 e. The van der Waals surface area contributed by atoms with Crippen LogP contribution in [0.25, 0.3) is 0 Å². The number of piperidine rings is 1. The number of carbonyl (C=O) groups is 1. The number of rotatable bonds is 5. The van der Waals surface area contributed by atoms with E-state index >= 15 is 0 Å². The molecule has 2 saturated heterocycles. The molecule has 1 aromatic heterocycles. The molecule has 1 amide bonds. The summed E-state index contributed by atoms with van der Waals surface area (Å²) in [5.74, 6) is 0.156. The van der Waals surface area contributed by atoms with E-state index in [1.807, 2.05) is 30.0 Å². The first kappa shape index (κ1) is 16.4. The zero-order valence-corrected chi connectivity index (χ0v) is 13.9. The van der Waals surface area contributed by atoms with Crippen molar-refractivity contribution in [3.05, 3.63) is 30.1 Å². The lowest BCUT2D eigenvalue weighted by molar-refractivity contribution is -0.163. The summed E-state index contributed by atoms with van der Waals surface area (Å²) in [4.78, 5) is 18.9. The number of likely N-dealkylation sites (tertiary alicyclic amines) is 1. The van der Waals surface area contributed by atoms with E-state index < -0.39 is 0 Å². The highest BCUT2D eigenvalue weighted by molar-refractivity contribution is 5.78. The third-order valence-corrected chi connectivity index (χ3v) is 4.99. The second-order valence-corrected chi connectivity index (χ2v) is 6.56. The molecule has 1 aromatic rings. The predicted molar refractivity (Wildman–Crippen MR) is 87.0 cm³/mol. The van der Waals surface area contributed by atoms with Gasteiger partial charge in [0, 0.05) is 43.6 Å². The SMILES string of the molecule is CCOC[C@]12CCCO[C@H]1CCN(C(=O)Cc1ccccn1)C2. The molecule has 2 aliphatic heterocycles. The van der Waals surface area contributed by atoms with Gasteiger partial charge in [-0.3, -0.25) is 9.78 Å². The molecule has 0 aliphatic carbocycles. The van der Waals surface area contributed by atoms with Gasteiger partial charge in [0.1, 0.15) is 0 Å². The van der Waals surface area contributed by atoms with Gasteiger partial charge >= 0.3 is 0 Å². The Labute approximate surface area is 138 Å². The van der Waals surface area contributed by atoms with Gasteiger partial charge in [-0.25, -0.2) is 0 Å². The van der Waals surface area contributed by atoms with E-state index in [0.29, 0.717) is 19.6 Å². The van der Waals surface area contributed by atoms with Crippen LogP contribution < -0.4 is 0 Å². The molecule has 0 radical (unpaired) electrons. The Hall–Kier alpha value is -1.46. The number of hydrogen-bond donors (Lipinski definition) is 0. The summed E-state index contributed by atoms with van der Waals surface area (Å²) in [6.07, 6.45) is 5.36. The second kappa shape index (κ2) is 7.41. The van der Waals surface area contributed by atoms with Crippen molar-refractivity contribution in [2.75, 3.05) is 32.9 Å². The van der Waals surface area contributed by atoms with Crippen molar-refractivity contribution in [3.8, 4) is 0 Å². The van der Waals surface area contributed by atoms with E-state index in [-0.39, 0.29) is 17.4 Å². The van der Waals surface area contributed by atoms with Crippen LogP contribution in [0, 0.1) is 5.41 Å². The van der Waals surface area contributed by atoms with E-state index in [0.717, 1.165) is 44.7 Å². The molecule has 2 fully saturated rings. The van der Waals surface area contributed by atoms with Crippen LogP contribution in [-0.4, -0.2) is 54.8 Å². The molecule has 3 heterocycles. The van der Waals surface area contributed by atoms with E-state index in [4.69, 9.17) is 9.47 Å². The van der Waals surface area contributed by atoms with Gasteiger partial charge in [0.05, 0.1) is 19.1 Å². The third-order valence-electron chi connectivity index (χ3n) is 4.99. The fourth-order valence-corrected chi connectivity index (χ4v) is 3.79. The molecule has 0 N–H and O–H groups in total. The normalized spacial score (nSPS) is 27.5. The van der Waals surface area contributed by atoms with Crippen molar-refractivity contribution in [2.24, 2.45) is 5.41 Å². The minimum absolute atomic E-state index is 0.0354. The first-order chi connectivity index (χ1) is 11.2. The van der Waals surface area contributed by atoms with Gasteiger partial charge in [0.25, 0.3) is 0 Å². The third kappa shape index (κ3) is 3.72. The Balaban J connectivity index is 1.68. The van der Waals surface area contributed by atoms with E-state index in [9.17, 15) is 4.79 Å². The topological polar surface area (TPSA) is 51.7 Å². The highest BCUT2D eigenvalue weighted by Crippen LogP contribution is 2.40. The highest BCUT2D eigenvalue weighted by Gasteiger charge is 2.47. The molecule has 5 heteroatoms. The minimum atomic E-state index is -0.0354. The van der Waals surface area contributed by atoms with E-state index in [2.05, 4.69) is 4.98 Å². The second-order valence-electron chi connectivity index (χ2n) is 6.56. The highest BCUT2D eigenvalue weighted by atomic mass is 16.5. The quantitative estimate of drug-likeness (QED) is 0.834. The number of fused-ring (bicyclic) bond motifs is 1. The Kier molecular flexibility index (Phi) is 5.28. The van der Waals surface area contributed by atoms with E-state index in [1.165, 1.54) is 0 Å². The number of hydrogen-bond acceptors (Lipinski definition) is 4. The Morgan fingerprint density at radius 3 is 3.22 bits per heavy atom. The van der Waals surface area contributed by atoms with Crippen molar-refractivity contribution in [1.82, 2.24) is 9.88 Å². The summed E-state index contributed by atoms with van der Waals surface area (Å²) < 4.78 is 11.7. The molecule has 2 aliphatic rings. The molecule has 5 nitrogen and oxygen atoms in total. The van der Waals surface area contributed by atoms with Gasteiger partial charge in [-0.1, -0.05) is 6.07 Å². The van der Waals surface area contributed by atoms with Crippen molar-refractivity contribution in [1.29, 1.82) is 0 Å². The summed E-state index contributed by atoms with van der Waals surface area (Å²) in [5.41, 5.74) is 0.796. The summed E-state index contributed by atoms with van der Waals surface area (Å²) in [6, 6.07) is 5.70. The maximum atomic E-state index is 12.7. The van der Waals surface area contributed by atoms with Crippen LogP contribution in [0.5, 0.6) is 0 Å². The predicted octanol–water partition coefficient (Wildman–Crippen LogP) is 2.06. The van der Waals surface area contributed by atoms with Crippen molar-refractivity contribution < 1.29 is 14.3 Å². The number of pyridine rings is 1. The van der Waals surface area contributed by atoms with Crippen molar-refractivity contribution >= 4 is 5.91 Å². The Morgan fingerprint density at radius 1 is 1.52 bits per heavy atom. The molecule has 0 bridgehead atoms. The van der Waals surface area contributed by atoms with Gasteiger partial charge in [0.2, 0.25) is 5.91 Å². The molecule has 3 rings (SSSR count). The summed E-state index contributed by atoms with van der Waals surface area (Å²) in [7, 11) is 0. The van der Waals surface area contributed by atoms with Gasteiger partial charge in [-0.15, -0.1) is 0 Å². The number of aromatic nitrogens is 1. The monoisotopic (exact) mass is 318 g/mol. The van der Waals surface area contributed by atoms with Crippen LogP contribution in [-0.2, 0) is 20.7 Å². The van der Waals surface area contributed by atoms with Crippen LogP contribution in [0.3, 0.4) is 0 Å².